The van der Waals surface area contributed by atoms with Gasteiger partial charge < -0.3 is 9.32 Å². The van der Waals surface area contributed by atoms with Crippen molar-refractivity contribution in [3.8, 4) is 0 Å². The van der Waals surface area contributed by atoms with Crippen LogP contribution in [0.15, 0.2) is 59.3 Å². The minimum atomic E-state index is 0.0954. The van der Waals surface area contributed by atoms with E-state index in [1.807, 2.05) is 23.1 Å². The van der Waals surface area contributed by atoms with Gasteiger partial charge in [0.2, 0.25) is 0 Å². The Bertz CT molecular complexity index is 833. The highest BCUT2D eigenvalue weighted by atomic mass is 16.3. The van der Waals surface area contributed by atoms with Crippen LogP contribution in [-0.2, 0) is 6.42 Å². The first-order chi connectivity index (χ1) is 11.8. The number of aromatic nitrogens is 1. The van der Waals surface area contributed by atoms with Crippen LogP contribution in [0.4, 0.5) is 0 Å². The largest absolute Gasteiger partial charge is 0.443 e. The minimum absolute atomic E-state index is 0.0954. The molecule has 24 heavy (non-hydrogen) atoms. The fourth-order valence-electron chi connectivity index (χ4n) is 3.46. The number of benzene rings is 2. The van der Waals surface area contributed by atoms with Crippen molar-refractivity contribution in [3.05, 3.63) is 66.1 Å². The molecular weight excluding hydrogens is 300 g/mol. The third-order valence-electron chi connectivity index (χ3n) is 4.85. The maximum Gasteiger partial charge on any atom is 0.253 e. The average Bonchev–Trinajstić information content (AvgIpc) is 3.10. The highest BCUT2D eigenvalue weighted by molar-refractivity contribution is 5.97. The van der Waals surface area contributed by atoms with E-state index in [0.717, 1.165) is 37.9 Å². The highest BCUT2D eigenvalue weighted by Gasteiger charge is 2.24. The molecule has 0 bridgehead atoms. The van der Waals surface area contributed by atoms with E-state index >= 15 is 0 Å². The number of nitrogens with zero attached hydrogens (tertiary/aromatic N) is 2. The Kier molecular flexibility index (Phi) is 4.03. The van der Waals surface area contributed by atoms with Crippen molar-refractivity contribution >= 4 is 17.0 Å². The number of piperidine rings is 1. The standard InChI is InChI=1S/C20H20N2O2/c23-20(17-6-7-19-18(13-17)21-14-24-19)22-10-8-16(9-11-22)12-15-4-2-1-3-5-15/h1-7,13-14,16H,8-12H2. The second-order valence-electron chi connectivity index (χ2n) is 6.46. The molecular formula is C20H20N2O2. The summed E-state index contributed by atoms with van der Waals surface area (Å²) in [6.07, 6.45) is 4.64. The Morgan fingerprint density at radius 1 is 1.12 bits per heavy atom. The zero-order chi connectivity index (χ0) is 16.4. The first-order valence-electron chi connectivity index (χ1n) is 8.46. The summed E-state index contributed by atoms with van der Waals surface area (Å²) in [4.78, 5) is 18.8. The fraction of sp³-hybridized carbons (Fsp3) is 0.300. The van der Waals surface area contributed by atoms with Gasteiger partial charge in [0.05, 0.1) is 0 Å². The molecule has 122 valence electrons. The maximum absolute atomic E-state index is 12.7. The van der Waals surface area contributed by atoms with Gasteiger partial charge in [-0.1, -0.05) is 30.3 Å². The third-order valence-corrected chi connectivity index (χ3v) is 4.85. The minimum Gasteiger partial charge on any atom is -0.443 e. The molecule has 1 amide bonds. The van der Waals surface area contributed by atoms with Crippen molar-refractivity contribution in [2.75, 3.05) is 13.1 Å². The molecule has 2 heterocycles. The molecule has 1 aromatic heterocycles. The van der Waals surface area contributed by atoms with Gasteiger partial charge in [0.25, 0.3) is 5.91 Å². The number of hydrogen-bond donors (Lipinski definition) is 0. The van der Waals surface area contributed by atoms with E-state index < -0.39 is 0 Å². The number of hydrogen-bond acceptors (Lipinski definition) is 3. The predicted octanol–water partition coefficient (Wildman–Crippen LogP) is 3.92. The molecule has 3 aromatic rings. The molecule has 0 aliphatic carbocycles. The van der Waals surface area contributed by atoms with Crippen molar-refractivity contribution in [2.45, 2.75) is 19.3 Å². The summed E-state index contributed by atoms with van der Waals surface area (Å²) in [6, 6.07) is 16.1. The second kappa shape index (κ2) is 6.48. The number of oxazole rings is 1. The molecule has 0 unspecified atom stereocenters. The van der Waals surface area contributed by atoms with Crippen LogP contribution in [0.2, 0.25) is 0 Å². The smallest absolute Gasteiger partial charge is 0.253 e. The lowest BCUT2D eigenvalue weighted by Gasteiger charge is -2.32. The highest BCUT2D eigenvalue weighted by Crippen LogP contribution is 2.23. The van der Waals surface area contributed by atoms with Crippen LogP contribution in [0.3, 0.4) is 0 Å². The molecule has 2 aromatic carbocycles. The lowest BCUT2D eigenvalue weighted by Crippen LogP contribution is -2.38. The summed E-state index contributed by atoms with van der Waals surface area (Å²) in [5, 5.41) is 0. The molecule has 0 radical (unpaired) electrons. The lowest BCUT2D eigenvalue weighted by molar-refractivity contribution is 0.0690. The molecule has 4 heteroatoms. The van der Waals surface area contributed by atoms with Gasteiger partial charge in [0.15, 0.2) is 12.0 Å². The van der Waals surface area contributed by atoms with Gasteiger partial charge in [-0.05, 0) is 48.9 Å². The van der Waals surface area contributed by atoms with Crippen molar-refractivity contribution in [1.29, 1.82) is 0 Å². The van der Waals surface area contributed by atoms with E-state index in [1.54, 1.807) is 0 Å². The van der Waals surface area contributed by atoms with Crippen LogP contribution in [0.5, 0.6) is 0 Å². The zero-order valence-corrected chi connectivity index (χ0v) is 13.5. The van der Waals surface area contributed by atoms with E-state index in [9.17, 15) is 4.79 Å². The Hall–Kier alpha value is -2.62. The molecule has 0 N–H and O–H groups in total. The van der Waals surface area contributed by atoms with Gasteiger partial charge in [0, 0.05) is 18.7 Å². The predicted molar refractivity (Wildman–Crippen MR) is 92.8 cm³/mol. The Morgan fingerprint density at radius 2 is 1.92 bits per heavy atom. The first-order valence-corrected chi connectivity index (χ1v) is 8.46. The van der Waals surface area contributed by atoms with E-state index in [4.69, 9.17) is 4.42 Å². The Morgan fingerprint density at radius 3 is 2.71 bits per heavy atom. The summed E-state index contributed by atoms with van der Waals surface area (Å²) in [6.45, 7) is 1.65. The SMILES string of the molecule is O=C(c1ccc2ocnc2c1)N1CCC(Cc2ccccc2)CC1. The van der Waals surface area contributed by atoms with Crippen LogP contribution in [0.25, 0.3) is 11.1 Å². The van der Waals surface area contributed by atoms with Gasteiger partial charge in [0.1, 0.15) is 5.52 Å². The van der Waals surface area contributed by atoms with E-state index in [0.29, 0.717) is 17.1 Å². The van der Waals surface area contributed by atoms with Gasteiger partial charge >= 0.3 is 0 Å². The molecule has 1 aliphatic heterocycles. The lowest BCUT2D eigenvalue weighted by atomic mass is 9.90. The maximum atomic E-state index is 12.7. The molecule has 1 aliphatic rings. The fourth-order valence-corrected chi connectivity index (χ4v) is 3.46. The van der Waals surface area contributed by atoms with Crippen molar-refractivity contribution in [3.63, 3.8) is 0 Å². The molecule has 4 nitrogen and oxygen atoms in total. The van der Waals surface area contributed by atoms with Gasteiger partial charge in [-0.3, -0.25) is 4.79 Å². The van der Waals surface area contributed by atoms with Gasteiger partial charge in [-0.25, -0.2) is 4.98 Å². The summed E-state index contributed by atoms with van der Waals surface area (Å²) in [5.41, 5.74) is 3.53. The summed E-state index contributed by atoms with van der Waals surface area (Å²) < 4.78 is 5.23. The number of fused-ring (bicyclic) bond motifs is 1. The topological polar surface area (TPSA) is 46.3 Å². The molecule has 1 saturated heterocycles. The van der Waals surface area contributed by atoms with Gasteiger partial charge in [-0.15, -0.1) is 0 Å². The summed E-state index contributed by atoms with van der Waals surface area (Å²) >= 11 is 0. The number of rotatable bonds is 3. The number of carbonyl (C=O) groups is 1. The van der Waals surface area contributed by atoms with Crippen LogP contribution < -0.4 is 0 Å². The van der Waals surface area contributed by atoms with E-state index in [1.165, 1.54) is 12.0 Å². The number of amides is 1. The van der Waals surface area contributed by atoms with Crippen molar-refractivity contribution in [1.82, 2.24) is 9.88 Å². The first kappa shape index (κ1) is 14.9. The van der Waals surface area contributed by atoms with E-state index in [2.05, 4.69) is 35.3 Å². The number of carbonyl (C=O) groups excluding carboxylic acids is 1. The molecule has 0 spiro atoms. The normalized spacial score (nSPS) is 15.8. The molecule has 0 saturated carbocycles. The van der Waals surface area contributed by atoms with Crippen molar-refractivity contribution in [2.24, 2.45) is 5.92 Å². The zero-order valence-electron chi connectivity index (χ0n) is 13.5. The van der Waals surface area contributed by atoms with E-state index in [-0.39, 0.29) is 5.91 Å². The Balaban J connectivity index is 1.39. The summed E-state index contributed by atoms with van der Waals surface area (Å²) in [5.74, 6) is 0.757. The second-order valence-corrected chi connectivity index (χ2v) is 6.46. The molecule has 1 fully saturated rings. The number of likely N-dealkylation sites (tertiary alicyclic amines) is 1. The average molecular weight is 320 g/mol. The summed E-state index contributed by atoms with van der Waals surface area (Å²) in [7, 11) is 0. The third kappa shape index (κ3) is 3.04. The van der Waals surface area contributed by atoms with Gasteiger partial charge in [-0.2, -0.15) is 0 Å². The monoisotopic (exact) mass is 320 g/mol. The Labute approximate surface area is 141 Å². The van der Waals surface area contributed by atoms with Crippen LogP contribution in [0, 0.1) is 5.92 Å². The molecule has 0 atom stereocenters. The van der Waals surface area contributed by atoms with Crippen LogP contribution in [0.1, 0.15) is 28.8 Å². The van der Waals surface area contributed by atoms with Crippen LogP contribution >= 0.6 is 0 Å². The quantitative estimate of drug-likeness (QED) is 0.735. The van der Waals surface area contributed by atoms with Crippen molar-refractivity contribution < 1.29 is 9.21 Å². The van der Waals surface area contributed by atoms with Crippen LogP contribution in [-0.4, -0.2) is 28.9 Å². The molecule has 4 rings (SSSR count).